The van der Waals surface area contributed by atoms with Gasteiger partial charge < -0.3 is 14.8 Å². The summed E-state index contributed by atoms with van der Waals surface area (Å²) in [6, 6.07) is 12.9. The third-order valence-electron chi connectivity index (χ3n) is 6.89. The molecule has 0 amide bonds. The van der Waals surface area contributed by atoms with E-state index < -0.39 is 24.3 Å². The maximum absolute atomic E-state index is 10.6. The van der Waals surface area contributed by atoms with Crippen LogP contribution >= 0.6 is 11.3 Å². The van der Waals surface area contributed by atoms with Crippen LogP contribution in [0.4, 0.5) is 26.3 Å². The number of imidazole rings is 1. The lowest BCUT2D eigenvalue weighted by Crippen LogP contribution is -2.56. The number of carboxylic acid groups (broad SMARTS) is 2. The molecule has 0 aliphatic carbocycles. The van der Waals surface area contributed by atoms with E-state index in [0.29, 0.717) is 0 Å². The Morgan fingerprint density at radius 3 is 1.98 bits per heavy atom. The van der Waals surface area contributed by atoms with Crippen LogP contribution in [0.5, 0.6) is 0 Å². The number of carbonyl (C=O) groups is 2. The first-order chi connectivity index (χ1) is 19.1. The van der Waals surface area contributed by atoms with E-state index >= 15 is 0 Å². The SMILES string of the molecule is CN1CCn2c(-c3ccccc3)cnc2C12CCN(Cc1ccsc1)CC2.O=C(O)C(F)(F)F.O=C(O)C(F)(F)F. The molecule has 41 heavy (non-hydrogen) atoms. The molecule has 1 aromatic carbocycles. The first-order valence-electron chi connectivity index (χ1n) is 12.3. The summed E-state index contributed by atoms with van der Waals surface area (Å²) in [5, 5.41) is 18.7. The van der Waals surface area contributed by atoms with E-state index in [4.69, 9.17) is 24.8 Å². The minimum atomic E-state index is -5.08. The minimum Gasteiger partial charge on any atom is -0.475 e. The molecule has 0 unspecified atom stereocenters. The van der Waals surface area contributed by atoms with Crippen LogP contribution in [0, 0.1) is 0 Å². The number of nitrogens with zero attached hydrogens (tertiary/aromatic N) is 4. The zero-order valence-electron chi connectivity index (χ0n) is 21.8. The van der Waals surface area contributed by atoms with Crippen LogP contribution in [0.25, 0.3) is 11.3 Å². The molecule has 2 aliphatic rings. The molecule has 1 fully saturated rings. The Balaban J connectivity index is 0.000000276. The zero-order chi connectivity index (χ0) is 30.4. The second-order valence-electron chi connectivity index (χ2n) is 9.45. The van der Waals surface area contributed by atoms with Crippen LogP contribution in [0.2, 0.25) is 0 Å². The maximum Gasteiger partial charge on any atom is 0.490 e. The lowest BCUT2D eigenvalue weighted by atomic mass is 9.83. The van der Waals surface area contributed by atoms with Gasteiger partial charge in [0.1, 0.15) is 5.82 Å². The van der Waals surface area contributed by atoms with Gasteiger partial charge in [-0.3, -0.25) is 9.80 Å². The highest BCUT2D eigenvalue weighted by Gasteiger charge is 2.45. The number of fused-ring (bicyclic) bond motifs is 2. The molecule has 2 N–H and O–H groups in total. The first kappa shape index (κ1) is 32.1. The van der Waals surface area contributed by atoms with Crippen molar-refractivity contribution in [2.75, 3.05) is 26.7 Å². The third kappa shape index (κ3) is 8.07. The summed E-state index contributed by atoms with van der Waals surface area (Å²) in [5.41, 5.74) is 4.06. The Morgan fingerprint density at radius 2 is 1.49 bits per heavy atom. The van der Waals surface area contributed by atoms with Gasteiger partial charge in [0.05, 0.1) is 17.4 Å². The van der Waals surface area contributed by atoms with Gasteiger partial charge in [-0.15, -0.1) is 0 Å². The highest BCUT2D eigenvalue weighted by molar-refractivity contribution is 7.07. The van der Waals surface area contributed by atoms with Crippen molar-refractivity contribution in [3.63, 3.8) is 0 Å². The van der Waals surface area contributed by atoms with E-state index in [0.717, 1.165) is 45.6 Å². The lowest BCUT2D eigenvalue weighted by molar-refractivity contribution is -0.193. The minimum absolute atomic E-state index is 0.0798. The molecule has 1 spiro atoms. The second-order valence-corrected chi connectivity index (χ2v) is 10.2. The van der Waals surface area contributed by atoms with Gasteiger partial charge in [-0.25, -0.2) is 14.6 Å². The molecular weight excluding hydrogens is 578 g/mol. The van der Waals surface area contributed by atoms with Gasteiger partial charge in [-0.2, -0.15) is 37.7 Å². The molecule has 0 radical (unpaired) electrons. The van der Waals surface area contributed by atoms with Gasteiger partial charge >= 0.3 is 24.3 Å². The molecule has 224 valence electrons. The van der Waals surface area contributed by atoms with E-state index in [1.807, 2.05) is 0 Å². The summed E-state index contributed by atoms with van der Waals surface area (Å²) in [5.74, 6) is -4.25. The van der Waals surface area contributed by atoms with Crippen molar-refractivity contribution in [2.24, 2.45) is 0 Å². The molecule has 2 aromatic heterocycles. The molecule has 3 aromatic rings. The summed E-state index contributed by atoms with van der Waals surface area (Å²) < 4.78 is 65.9. The fraction of sp³-hybridized carbons (Fsp3) is 0.423. The van der Waals surface area contributed by atoms with Crippen LogP contribution in [0.3, 0.4) is 0 Å². The Hall–Kier alpha value is -3.43. The molecule has 0 bridgehead atoms. The quantitative estimate of drug-likeness (QED) is 0.390. The van der Waals surface area contributed by atoms with E-state index in [2.05, 4.69) is 74.8 Å². The molecule has 5 rings (SSSR count). The predicted octanol–water partition coefficient (Wildman–Crippen LogP) is 5.31. The van der Waals surface area contributed by atoms with Crippen LogP contribution in [0.15, 0.2) is 53.4 Å². The van der Waals surface area contributed by atoms with E-state index in [1.165, 1.54) is 22.6 Å². The predicted molar refractivity (Wildman–Crippen MR) is 138 cm³/mol. The summed E-state index contributed by atoms with van der Waals surface area (Å²) in [6.45, 7) is 5.46. The van der Waals surface area contributed by atoms with Gasteiger partial charge in [0.15, 0.2) is 0 Å². The number of alkyl halides is 6. The van der Waals surface area contributed by atoms with E-state index in [9.17, 15) is 26.3 Å². The molecule has 1 saturated heterocycles. The molecule has 15 heteroatoms. The number of likely N-dealkylation sites (N-methyl/N-ethyl adjacent to an activating group) is 1. The maximum atomic E-state index is 10.6. The average Bonchev–Trinajstić information content (AvgIpc) is 3.58. The summed E-state index contributed by atoms with van der Waals surface area (Å²) in [4.78, 5) is 27.9. The number of rotatable bonds is 3. The van der Waals surface area contributed by atoms with E-state index in [-0.39, 0.29) is 5.54 Å². The van der Waals surface area contributed by atoms with Crippen LogP contribution in [0.1, 0.15) is 24.2 Å². The molecular formula is C26H28F6N4O4S. The Bertz CT molecular complexity index is 1260. The van der Waals surface area contributed by atoms with Gasteiger partial charge in [0.25, 0.3) is 0 Å². The number of piperidine rings is 1. The van der Waals surface area contributed by atoms with Gasteiger partial charge in [-0.1, -0.05) is 30.3 Å². The van der Waals surface area contributed by atoms with Crippen molar-refractivity contribution >= 4 is 23.3 Å². The molecule has 2 aliphatic heterocycles. The smallest absolute Gasteiger partial charge is 0.475 e. The van der Waals surface area contributed by atoms with Crippen LogP contribution in [-0.4, -0.2) is 80.5 Å². The Labute approximate surface area is 235 Å². The number of carboxylic acids is 2. The van der Waals surface area contributed by atoms with Gasteiger partial charge in [0, 0.05) is 32.7 Å². The monoisotopic (exact) mass is 606 g/mol. The van der Waals surface area contributed by atoms with Crippen molar-refractivity contribution in [3.05, 3.63) is 64.7 Å². The molecule has 4 heterocycles. The normalized spacial score (nSPS) is 17.0. The number of likely N-dealkylation sites (tertiary alicyclic amines) is 1. The largest absolute Gasteiger partial charge is 0.490 e. The number of aromatic nitrogens is 2. The van der Waals surface area contributed by atoms with Gasteiger partial charge in [0.2, 0.25) is 0 Å². The van der Waals surface area contributed by atoms with E-state index in [1.54, 1.807) is 11.3 Å². The average molecular weight is 607 g/mol. The van der Waals surface area contributed by atoms with Gasteiger partial charge in [-0.05, 0) is 47.8 Å². The number of aliphatic carboxylic acids is 2. The third-order valence-corrected chi connectivity index (χ3v) is 7.62. The van der Waals surface area contributed by atoms with Crippen molar-refractivity contribution < 1.29 is 46.1 Å². The number of halogens is 6. The van der Waals surface area contributed by atoms with Crippen LogP contribution < -0.4 is 0 Å². The van der Waals surface area contributed by atoms with Crippen molar-refractivity contribution in [1.29, 1.82) is 0 Å². The lowest BCUT2D eigenvalue weighted by Gasteiger charge is -2.49. The summed E-state index contributed by atoms with van der Waals surface area (Å²) in [6.07, 6.45) is -5.78. The van der Waals surface area contributed by atoms with Crippen molar-refractivity contribution in [1.82, 2.24) is 19.4 Å². The first-order valence-corrected chi connectivity index (χ1v) is 13.3. The zero-order valence-corrected chi connectivity index (χ0v) is 22.6. The Kier molecular flexibility index (Phi) is 10.2. The highest BCUT2D eigenvalue weighted by atomic mass is 32.1. The molecule has 0 atom stereocenters. The molecule has 0 saturated carbocycles. The van der Waals surface area contributed by atoms with Crippen LogP contribution in [-0.2, 0) is 28.2 Å². The number of hydrogen-bond donors (Lipinski definition) is 2. The Morgan fingerprint density at radius 1 is 0.927 bits per heavy atom. The number of thiophene rings is 1. The fourth-order valence-electron chi connectivity index (χ4n) is 4.77. The van der Waals surface area contributed by atoms with Crippen molar-refractivity contribution in [3.8, 4) is 11.3 Å². The summed E-state index contributed by atoms with van der Waals surface area (Å²) >= 11 is 1.79. The standard InChI is InChI=1S/C22H26N4S.2C2HF3O2/c1-24-12-13-26-20(19-5-3-2-4-6-19)15-23-21(26)22(24)8-10-25(11-9-22)16-18-7-14-27-17-18;2*3-2(4,5)1(6)7/h2-7,14-15,17H,8-13,16H2,1H3;2*(H,6,7). The van der Waals surface area contributed by atoms with Crippen molar-refractivity contribution in [2.45, 2.75) is 43.8 Å². The topological polar surface area (TPSA) is 98.9 Å². The summed E-state index contributed by atoms with van der Waals surface area (Å²) in [7, 11) is 2.29. The number of hydrogen-bond acceptors (Lipinski definition) is 6. The number of benzene rings is 1. The highest BCUT2D eigenvalue weighted by Crippen LogP contribution is 2.41. The fourth-order valence-corrected chi connectivity index (χ4v) is 5.43. The second kappa shape index (κ2) is 13.0. The molecule has 8 nitrogen and oxygen atoms in total.